The van der Waals surface area contributed by atoms with E-state index in [0.717, 1.165) is 12.1 Å². The molecule has 19 heavy (non-hydrogen) atoms. The summed E-state index contributed by atoms with van der Waals surface area (Å²) < 4.78 is 40.2. The summed E-state index contributed by atoms with van der Waals surface area (Å²) in [7, 11) is 0. The summed E-state index contributed by atoms with van der Waals surface area (Å²) in [6.45, 7) is 1.57. The zero-order chi connectivity index (χ0) is 14.7. The lowest BCUT2D eigenvalue weighted by Crippen LogP contribution is -2.34. The summed E-state index contributed by atoms with van der Waals surface area (Å²) in [4.78, 5) is 10.8. The summed E-state index contributed by atoms with van der Waals surface area (Å²) in [5, 5.41) is 8.83. The third-order valence-corrected chi connectivity index (χ3v) is 2.76. The molecule has 106 valence electrons. The summed E-state index contributed by atoms with van der Waals surface area (Å²) >= 11 is 0. The van der Waals surface area contributed by atoms with Gasteiger partial charge in [-0.1, -0.05) is 19.1 Å². The lowest BCUT2D eigenvalue weighted by Gasteiger charge is -2.27. The van der Waals surface area contributed by atoms with Gasteiger partial charge < -0.3 is 15.6 Å². The molecule has 0 aliphatic rings. The second kappa shape index (κ2) is 5.48. The van der Waals surface area contributed by atoms with Gasteiger partial charge in [-0.2, -0.15) is 0 Å². The number of alkyl halides is 3. The van der Waals surface area contributed by atoms with Crippen LogP contribution in [0.4, 0.5) is 13.2 Å². The average molecular weight is 277 g/mol. The molecule has 0 aliphatic heterocycles. The molecule has 1 atom stereocenters. The minimum Gasteiger partial charge on any atom is -0.481 e. The molecule has 4 nitrogen and oxygen atoms in total. The molecule has 0 fully saturated rings. The van der Waals surface area contributed by atoms with Crippen LogP contribution in [0.2, 0.25) is 0 Å². The van der Waals surface area contributed by atoms with Crippen LogP contribution in [-0.4, -0.2) is 24.0 Å². The van der Waals surface area contributed by atoms with Gasteiger partial charge in [0.2, 0.25) is 0 Å². The zero-order valence-electron chi connectivity index (χ0n) is 10.2. The van der Waals surface area contributed by atoms with Crippen molar-refractivity contribution < 1.29 is 27.8 Å². The molecule has 1 unspecified atom stereocenters. The number of carboxylic acids is 1. The monoisotopic (exact) mass is 277 g/mol. The molecule has 0 amide bonds. The van der Waals surface area contributed by atoms with Gasteiger partial charge in [0.25, 0.3) is 0 Å². The quantitative estimate of drug-likeness (QED) is 0.866. The molecule has 0 saturated carbocycles. The normalized spacial score (nSPS) is 14.8. The van der Waals surface area contributed by atoms with E-state index in [-0.39, 0.29) is 13.0 Å². The Morgan fingerprint density at radius 2 is 2.05 bits per heavy atom. The van der Waals surface area contributed by atoms with E-state index in [4.69, 9.17) is 10.8 Å². The molecular formula is C12H14F3NO3. The Labute approximate surface area is 108 Å². The molecule has 3 N–H and O–H groups in total. The smallest absolute Gasteiger partial charge is 0.481 e. The SMILES string of the molecule is CC(CN)(CC(=O)O)c1cccc(OC(F)(F)F)c1. The molecule has 1 aromatic rings. The van der Waals surface area contributed by atoms with Crippen molar-refractivity contribution >= 4 is 5.97 Å². The van der Waals surface area contributed by atoms with E-state index in [2.05, 4.69) is 4.74 Å². The molecule has 0 aliphatic carbocycles. The molecule has 0 radical (unpaired) electrons. The third-order valence-electron chi connectivity index (χ3n) is 2.76. The summed E-state index contributed by atoms with van der Waals surface area (Å²) in [6.07, 6.45) is -5.07. The van der Waals surface area contributed by atoms with Gasteiger partial charge in [0.05, 0.1) is 6.42 Å². The molecule has 0 saturated heterocycles. The first-order valence-electron chi connectivity index (χ1n) is 5.44. The van der Waals surface area contributed by atoms with Crippen LogP contribution in [-0.2, 0) is 10.2 Å². The fraction of sp³-hybridized carbons (Fsp3) is 0.417. The predicted molar refractivity (Wildman–Crippen MR) is 61.8 cm³/mol. The lowest BCUT2D eigenvalue weighted by molar-refractivity contribution is -0.274. The highest BCUT2D eigenvalue weighted by Gasteiger charge is 2.33. The van der Waals surface area contributed by atoms with E-state index in [1.54, 1.807) is 6.92 Å². The topological polar surface area (TPSA) is 72.6 Å². The Bertz CT molecular complexity index is 462. The minimum absolute atomic E-state index is 0.00519. The fourth-order valence-corrected chi connectivity index (χ4v) is 1.69. The van der Waals surface area contributed by atoms with Crippen molar-refractivity contribution in [1.29, 1.82) is 0 Å². The minimum atomic E-state index is -4.79. The molecule has 0 heterocycles. The number of benzene rings is 1. The van der Waals surface area contributed by atoms with Crippen molar-refractivity contribution in [2.75, 3.05) is 6.54 Å². The molecule has 0 bridgehead atoms. The van der Waals surface area contributed by atoms with Crippen molar-refractivity contribution in [2.45, 2.75) is 25.1 Å². The summed E-state index contributed by atoms with van der Waals surface area (Å²) in [5.41, 5.74) is 4.98. The number of carboxylic acid groups (broad SMARTS) is 1. The number of rotatable bonds is 5. The van der Waals surface area contributed by atoms with Crippen LogP contribution >= 0.6 is 0 Å². The van der Waals surface area contributed by atoms with Gasteiger partial charge in [0, 0.05) is 12.0 Å². The highest BCUT2D eigenvalue weighted by molar-refractivity contribution is 5.69. The van der Waals surface area contributed by atoms with Gasteiger partial charge in [-0.3, -0.25) is 4.79 Å². The van der Waals surface area contributed by atoms with E-state index >= 15 is 0 Å². The van der Waals surface area contributed by atoms with Crippen LogP contribution in [0, 0.1) is 0 Å². The van der Waals surface area contributed by atoms with Gasteiger partial charge in [0.1, 0.15) is 5.75 Å². The molecular weight excluding hydrogens is 263 g/mol. The average Bonchev–Trinajstić information content (AvgIpc) is 2.26. The molecule has 0 aromatic heterocycles. The molecule has 0 spiro atoms. The number of carbonyl (C=O) groups is 1. The second-order valence-corrected chi connectivity index (χ2v) is 4.41. The van der Waals surface area contributed by atoms with Gasteiger partial charge in [-0.25, -0.2) is 0 Å². The zero-order valence-corrected chi connectivity index (χ0v) is 10.2. The maximum atomic E-state index is 12.1. The first-order chi connectivity index (χ1) is 8.66. The van der Waals surface area contributed by atoms with Crippen molar-refractivity contribution in [3.05, 3.63) is 29.8 Å². The van der Waals surface area contributed by atoms with E-state index in [1.165, 1.54) is 12.1 Å². The Balaban J connectivity index is 3.06. The number of nitrogens with two attached hydrogens (primary N) is 1. The van der Waals surface area contributed by atoms with Gasteiger partial charge in [0.15, 0.2) is 0 Å². The Morgan fingerprint density at radius 1 is 1.42 bits per heavy atom. The second-order valence-electron chi connectivity index (χ2n) is 4.41. The lowest BCUT2D eigenvalue weighted by atomic mass is 9.79. The Morgan fingerprint density at radius 3 is 2.53 bits per heavy atom. The van der Waals surface area contributed by atoms with Crippen LogP contribution in [0.25, 0.3) is 0 Å². The highest BCUT2D eigenvalue weighted by atomic mass is 19.4. The van der Waals surface area contributed by atoms with E-state index < -0.39 is 23.5 Å². The van der Waals surface area contributed by atoms with Crippen molar-refractivity contribution in [3.8, 4) is 5.75 Å². The van der Waals surface area contributed by atoms with E-state index in [0.29, 0.717) is 5.56 Å². The van der Waals surface area contributed by atoms with Crippen LogP contribution in [0.15, 0.2) is 24.3 Å². The number of ether oxygens (including phenoxy) is 1. The first kappa shape index (κ1) is 15.3. The number of aliphatic carboxylic acids is 1. The maximum absolute atomic E-state index is 12.1. The molecule has 7 heteroatoms. The highest BCUT2D eigenvalue weighted by Crippen LogP contribution is 2.31. The van der Waals surface area contributed by atoms with Crippen molar-refractivity contribution in [3.63, 3.8) is 0 Å². The van der Waals surface area contributed by atoms with Crippen LogP contribution in [0.3, 0.4) is 0 Å². The van der Waals surface area contributed by atoms with Gasteiger partial charge in [-0.15, -0.1) is 13.2 Å². The van der Waals surface area contributed by atoms with Crippen LogP contribution in [0.5, 0.6) is 5.75 Å². The summed E-state index contributed by atoms with van der Waals surface area (Å²) in [6, 6.07) is 5.20. The number of hydrogen-bond acceptors (Lipinski definition) is 3. The number of hydrogen-bond donors (Lipinski definition) is 2. The third kappa shape index (κ3) is 4.44. The van der Waals surface area contributed by atoms with Crippen LogP contribution < -0.4 is 10.5 Å². The standard InChI is InChI=1S/C12H14F3NO3/c1-11(7-16,6-10(17)18)8-3-2-4-9(5-8)19-12(13,14)15/h2-5H,6-7,16H2,1H3,(H,17,18). The maximum Gasteiger partial charge on any atom is 0.573 e. The Hall–Kier alpha value is -1.76. The fourth-order valence-electron chi connectivity index (χ4n) is 1.69. The number of halogens is 3. The van der Waals surface area contributed by atoms with Gasteiger partial charge in [-0.05, 0) is 17.7 Å². The first-order valence-corrected chi connectivity index (χ1v) is 5.44. The predicted octanol–water partition coefficient (Wildman–Crippen LogP) is 2.28. The Kier molecular flexibility index (Phi) is 4.41. The van der Waals surface area contributed by atoms with Crippen LogP contribution in [0.1, 0.15) is 18.9 Å². The largest absolute Gasteiger partial charge is 0.573 e. The van der Waals surface area contributed by atoms with E-state index in [9.17, 15) is 18.0 Å². The van der Waals surface area contributed by atoms with Gasteiger partial charge >= 0.3 is 12.3 Å². The van der Waals surface area contributed by atoms with Crippen molar-refractivity contribution in [2.24, 2.45) is 5.73 Å². The van der Waals surface area contributed by atoms with E-state index in [1.807, 2.05) is 0 Å². The van der Waals surface area contributed by atoms with Crippen molar-refractivity contribution in [1.82, 2.24) is 0 Å². The summed E-state index contributed by atoms with van der Waals surface area (Å²) in [5.74, 6) is -1.47. The molecule has 1 rings (SSSR count). The molecule has 1 aromatic carbocycles.